The largest absolute Gasteiger partial charge is 0.479 e. The molecule has 1 unspecified atom stereocenters. The Morgan fingerprint density at radius 2 is 1.81 bits per heavy atom. The molecule has 0 saturated carbocycles. The van der Waals surface area contributed by atoms with Crippen molar-refractivity contribution in [3.05, 3.63) is 59.7 Å². The summed E-state index contributed by atoms with van der Waals surface area (Å²) in [5.41, 5.74) is 8.39. The number of benzene rings is 2. The molecule has 0 spiro atoms. The number of nitrogens with zero attached hydrogens (tertiary/aromatic N) is 1. The van der Waals surface area contributed by atoms with Crippen LogP contribution in [0.4, 0.5) is 11.4 Å². The third-order valence-electron chi connectivity index (χ3n) is 4.09. The number of nitrogen functional groups attached to an aromatic ring is 1. The summed E-state index contributed by atoms with van der Waals surface area (Å²) in [6.07, 6.45) is 0. The van der Waals surface area contributed by atoms with E-state index < -0.39 is 12.0 Å². The number of nitrogens with two attached hydrogens (primary N) is 1. The fourth-order valence-electron chi connectivity index (χ4n) is 2.69. The molecule has 1 atom stereocenters. The maximum absolute atomic E-state index is 11.8. The third-order valence-corrected chi connectivity index (χ3v) is 4.09. The van der Waals surface area contributed by atoms with E-state index in [1.807, 2.05) is 24.3 Å². The number of carboxylic acid groups (broad SMARTS) is 1. The van der Waals surface area contributed by atoms with Crippen molar-refractivity contribution in [2.75, 3.05) is 23.3 Å². The number of hydrogen-bond donors (Lipinski definition) is 4. The molecule has 0 bridgehead atoms. The minimum atomic E-state index is -0.952. The summed E-state index contributed by atoms with van der Waals surface area (Å²) in [6, 6.07) is 13.5. The monoisotopic (exact) mass is 376 g/mol. The maximum Gasteiger partial charge on any atom is 0.330 e. The van der Waals surface area contributed by atoms with Gasteiger partial charge in [-0.25, -0.2) is 4.79 Å². The van der Waals surface area contributed by atoms with Crippen LogP contribution in [0, 0.1) is 5.41 Å². The number of amidine groups is 1. The van der Waals surface area contributed by atoms with Gasteiger partial charge in [-0.2, -0.15) is 0 Å². The van der Waals surface area contributed by atoms with Crippen molar-refractivity contribution in [1.82, 2.24) is 0 Å². The smallest absolute Gasteiger partial charge is 0.330 e. The Hall–Kier alpha value is -2.73. The summed E-state index contributed by atoms with van der Waals surface area (Å²) < 4.78 is 0. The van der Waals surface area contributed by atoms with Crippen molar-refractivity contribution in [1.29, 1.82) is 5.41 Å². The molecule has 0 heterocycles. The summed E-state index contributed by atoms with van der Waals surface area (Å²) in [7, 11) is 0. The van der Waals surface area contributed by atoms with Crippen molar-refractivity contribution in [3.8, 4) is 0 Å². The highest BCUT2D eigenvalue weighted by Gasteiger charge is 2.20. The summed E-state index contributed by atoms with van der Waals surface area (Å²) in [5.74, 6) is -0.972. The molecule has 140 valence electrons. The number of anilines is 2. The Bertz CT molecular complexity index is 745. The molecule has 0 aliphatic carbocycles. The minimum absolute atomic E-state index is 0. The molecule has 7 heteroatoms. The topological polar surface area (TPSA) is 102 Å². The van der Waals surface area contributed by atoms with E-state index in [-0.39, 0.29) is 18.2 Å². The van der Waals surface area contributed by atoms with Gasteiger partial charge in [0.15, 0.2) is 6.04 Å². The van der Waals surface area contributed by atoms with Crippen LogP contribution in [-0.2, 0) is 4.79 Å². The molecule has 0 aliphatic rings. The van der Waals surface area contributed by atoms with Crippen LogP contribution in [-0.4, -0.2) is 30.0 Å². The predicted molar refractivity (Wildman–Crippen MR) is 109 cm³/mol. The average Bonchev–Trinajstić information content (AvgIpc) is 2.61. The molecule has 5 N–H and O–H groups in total. The zero-order valence-electron chi connectivity index (χ0n) is 14.9. The van der Waals surface area contributed by atoms with Crippen LogP contribution in [0.25, 0.3) is 0 Å². The first-order valence-electron chi connectivity index (χ1n) is 8.25. The van der Waals surface area contributed by atoms with E-state index in [2.05, 4.69) is 24.1 Å². The number of hydrogen-bond acceptors (Lipinski definition) is 4. The van der Waals surface area contributed by atoms with Crippen molar-refractivity contribution >= 4 is 35.6 Å². The third kappa shape index (κ3) is 5.13. The Morgan fingerprint density at radius 3 is 2.31 bits per heavy atom. The second-order valence-corrected chi connectivity index (χ2v) is 5.67. The van der Waals surface area contributed by atoms with Gasteiger partial charge in [0.25, 0.3) is 0 Å². The highest BCUT2D eigenvalue weighted by Crippen LogP contribution is 2.24. The standard InChI is InChI=1S/C19H24N4O2.ClH/c1-3-23(4-2)16-7-5-6-14(12-16)17(19(24)25)22-15-10-8-13(9-11-15)18(20)21;/h5-12,17,22H,3-4H2,1-2H3,(H3,20,21)(H,24,25);1H. The number of carbonyl (C=O) groups is 1. The number of rotatable bonds is 8. The normalized spacial score (nSPS) is 11.2. The van der Waals surface area contributed by atoms with Crippen LogP contribution >= 0.6 is 12.4 Å². The second kappa shape index (κ2) is 9.68. The molecule has 6 nitrogen and oxygen atoms in total. The molecule has 0 aromatic heterocycles. The molecule has 2 rings (SSSR count). The molecular weight excluding hydrogens is 352 g/mol. The van der Waals surface area contributed by atoms with Gasteiger partial charge >= 0.3 is 5.97 Å². The number of aliphatic carboxylic acids is 1. The average molecular weight is 377 g/mol. The highest BCUT2D eigenvalue weighted by molar-refractivity contribution is 5.95. The van der Waals surface area contributed by atoms with Gasteiger partial charge in [0.1, 0.15) is 5.84 Å². The van der Waals surface area contributed by atoms with Crippen molar-refractivity contribution in [2.45, 2.75) is 19.9 Å². The molecule has 0 aliphatic heterocycles. The summed E-state index contributed by atoms with van der Waals surface area (Å²) in [5, 5.41) is 20.1. The van der Waals surface area contributed by atoms with Crippen LogP contribution in [0.5, 0.6) is 0 Å². The van der Waals surface area contributed by atoms with E-state index in [1.165, 1.54) is 0 Å². The lowest BCUT2D eigenvalue weighted by atomic mass is 10.0. The van der Waals surface area contributed by atoms with E-state index in [1.54, 1.807) is 24.3 Å². The van der Waals surface area contributed by atoms with E-state index >= 15 is 0 Å². The van der Waals surface area contributed by atoms with E-state index in [0.29, 0.717) is 16.8 Å². The molecule has 2 aromatic rings. The molecule has 0 saturated heterocycles. The number of nitrogens with one attached hydrogen (secondary N) is 2. The van der Waals surface area contributed by atoms with Crippen LogP contribution in [0.3, 0.4) is 0 Å². The van der Waals surface area contributed by atoms with Crippen LogP contribution in [0.15, 0.2) is 48.5 Å². The minimum Gasteiger partial charge on any atom is -0.479 e. The lowest BCUT2D eigenvalue weighted by Crippen LogP contribution is -2.24. The highest BCUT2D eigenvalue weighted by atomic mass is 35.5. The van der Waals surface area contributed by atoms with Gasteiger partial charge in [0.2, 0.25) is 0 Å². The zero-order valence-corrected chi connectivity index (χ0v) is 15.7. The van der Waals surface area contributed by atoms with E-state index in [4.69, 9.17) is 11.1 Å². The summed E-state index contributed by atoms with van der Waals surface area (Å²) in [4.78, 5) is 13.9. The van der Waals surface area contributed by atoms with Gasteiger partial charge in [-0.3, -0.25) is 5.41 Å². The van der Waals surface area contributed by atoms with Crippen LogP contribution in [0.2, 0.25) is 0 Å². The molecule has 0 amide bonds. The SMILES string of the molecule is CCN(CC)c1cccc(C(Nc2ccc(C(=N)N)cc2)C(=O)O)c1.Cl. The number of carboxylic acids is 1. The van der Waals surface area contributed by atoms with E-state index in [0.717, 1.165) is 18.8 Å². The molecule has 0 fully saturated rings. The Balaban J connectivity index is 0.00000338. The first-order chi connectivity index (χ1) is 12.0. The quantitative estimate of drug-likeness (QED) is 0.417. The molecule has 2 aromatic carbocycles. The molecule has 0 radical (unpaired) electrons. The second-order valence-electron chi connectivity index (χ2n) is 5.67. The summed E-state index contributed by atoms with van der Waals surface area (Å²) in [6.45, 7) is 5.86. The van der Waals surface area contributed by atoms with Gasteiger partial charge in [-0.1, -0.05) is 12.1 Å². The lowest BCUT2D eigenvalue weighted by molar-refractivity contribution is -0.138. The fraction of sp³-hybridized carbons (Fsp3) is 0.263. The number of halogens is 1. The Kier molecular flexibility index (Phi) is 7.93. The zero-order chi connectivity index (χ0) is 18.4. The maximum atomic E-state index is 11.8. The summed E-state index contributed by atoms with van der Waals surface area (Å²) >= 11 is 0. The molecule has 26 heavy (non-hydrogen) atoms. The lowest BCUT2D eigenvalue weighted by Gasteiger charge is -2.23. The predicted octanol–water partition coefficient (Wildman–Crippen LogP) is 3.48. The van der Waals surface area contributed by atoms with Gasteiger partial charge in [0.05, 0.1) is 0 Å². The molecular formula is C19H25ClN4O2. The van der Waals surface area contributed by atoms with Gasteiger partial charge < -0.3 is 21.1 Å². The first-order valence-corrected chi connectivity index (χ1v) is 8.25. The van der Waals surface area contributed by atoms with Gasteiger partial charge in [-0.05, 0) is 55.8 Å². The fourth-order valence-corrected chi connectivity index (χ4v) is 2.69. The Morgan fingerprint density at radius 1 is 1.19 bits per heavy atom. The van der Waals surface area contributed by atoms with Crippen molar-refractivity contribution in [3.63, 3.8) is 0 Å². The van der Waals surface area contributed by atoms with Crippen molar-refractivity contribution in [2.24, 2.45) is 5.73 Å². The van der Waals surface area contributed by atoms with Crippen molar-refractivity contribution < 1.29 is 9.90 Å². The van der Waals surface area contributed by atoms with Crippen LogP contribution in [0.1, 0.15) is 31.0 Å². The Labute approximate surface area is 159 Å². The van der Waals surface area contributed by atoms with Crippen LogP contribution < -0.4 is 16.0 Å². The van der Waals surface area contributed by atoms with Gasteiger partial charge in [-0.15, -0.1) is 12.4 Å². The van der Waals surface area contributed by atoms with Gasteiger partial charge in [0, 0.05) is 30.0 Å². The van der Waals surface area contributed by atoms with E-state index in [9.17, 15) is 9.90 Å². The first kappa shape index (κ1) is 21.3.